The average molecular weight is 520 g/mol. The lowest BCUT2D eigenvalue weighted by Crippen LogP contribution is -2.70. The molecule has 0 aromatic rings. The molecule has 0 amide bonds. The number of aliphatic hydroxyl groups excluding tert-OH is 1. The third kappa shape index (κ3) is 2.35. The Balaban J connectivity index is 1.87. The van der Waals surface area contributed by atoms with Crippen molar-refractivity contribution in [3.05, 3.63) is 23.8 Å². The van der Waals surface area contributed by atoms with Gasteiger partial charge in [-0.2, -0.15) is 0 Å². The zero-order valence-corrected chi connectivity index (χ0v) is 18.9. The zero-order chi connectivity index (χ0) is 21.6. The predicted molar refractivity (Wildman–Crippen MR) is 112 cm³/mol. The second kappa shape index (κ2) is 6.42. The van der Waals surface area contributed by atoms with Crippen LogP contribution < -0.4 is 0 Å². The van der Waals surface area contributed by atoms with Crippen LogP contribution in [0.15, 0.2) is 23.8 Å². The van der Waals surface area contributed by atoms with Gasteiger partial charge in [0.15, 0.2) is 17.2 Å². The fourth-order valence-electron chi connectivity index (χ4n) is 7.24. The van der Waals surface area contributed by atoms with E-state index in [4.69, 9.17) is 0 Å². The van der Waals surface area contributed by atoms with Crippen molar-refractivity contribution in [2.75, 3.05) is 4.43 Å². The number of carbonyl (C=O) groups excluding carboxylic acids is 2. The molecule has 7 heteroatoms. The summed E-state index contributed by atoms with van der Waals surface area (Å²) in [6.07, 6.45) is 0.933. The van der Waals surface area contributed by atoms with Crippen LogP contribution in [0.5, 0.6) is 0 Å². The van der Waals surface area contributed by atoms with Gasteiger partial charge in [-0.25, -0.2) is 8.78 Å². The number of hydrogen-bond acceptors (Lipinski definition) is 4. The van der Waals surface area contributed by atoms with E-state index in [0.29, 0.717) is 6.42 Å². The third-order valence-corrected chi connectivity index (χ3v) is 9.45. The van der Waals surface area contributed by atoms with Crippen molar-refractivity contribution in [3.8, 4) is 0 Å². The maximum Gasteiger partial charge on any atom is 0.178 e. The molecule has 2 N–H and O–H groups in total. The number of allylic oxidation sites excluding steroid dienone is 4. The normalized spacial score (nSPS) is 53.7. The van der Waals surface area contributed by atoms with Crippen molar-refractivity contribution >= 4 is 34.2 Å². The Labute approximate surface area is 183 Å². The molecule has 0 heterocycles. The lowest BCUT2D eigenvalue weighted by Gasteiger charge is -2.63. The predicted octanol–water partition coefficient (Wildman–Crippen LogP) is 3.29. The van der Waals surface area contributed by atoms with Crippen molar-refractivity contribution in [2.45, 2.75) is 63.6 Å². The van der Waals surface area contributed by atoms with Gasteiger partial charge in [-0.15, -0.1) is 0 Å². The Hall–Kier alpha value is -0.670. The molecule has 160 valence electrons. The van der Waals surface area contributed by atoms with Gasteiger partial charge in [0.05, 0.1) is 10.5 Å². The fraction of sp³-hybridized carbons (Fsp3) is 0.727. The minimum atomic E-state index is -2.18. The van der Waals surface area contributed by atoms with E-state index in [1.165, 1.54) is 12.2 Å². The number of fused-ring (bicyclic) bond motifs is 5. The van der Waals surface area contributed by atoms with E-state index in [2.05, 4.69) is 0 Å². The fourth-order valence-corrected chi connectivity index (χ4v) is 7.82. The molecular weight excluding hydrogens is 493 g/mol. The highest BCUT2D eigenvalue weighted by molar-refractivity contribution is 14.1. The monoisotopic (exact) mass is 520 g/mol. The van der Waals surface area contributed by atoms with E-state index in [-0.39, 0.29) is 34.4 Å². The number of carbonyl (C=O) groups is 2. The summed E-state index contributed by atoms with van der Waals surface area (Å²) in [5.74, 6) is -2.44. The first-order valence-electron chi connectivity index (χ1n) is 10.2. The number of alkyl halides is 3. The number of ketones is 2. The molecule has 0 aliphatic heterocycles. The van der Waals surface area contributed by atoms with E-state index in [0.717, 1.165) is 6.08 Å². The molecule has 4 rings (SSSR count). The van der Waals surface area contributed by atoms with Crippen LogP contribution in [0.4, 0.5) is 8.78 Å². The van der Waals surface area contributed by atoms with E-state index < -0.39 is 52.1 Å². The van der Waals surface area contributed by atoms with Gasteiger partial charge in [0.2, 0.25) is 0 Å². The highest BCUT2D eigenvalue weighted by Crippen LogP contribution is 2.70. The standard InChI is InChI=1S/C22H27F2IO4/c1-11-6-13-14-8-16(23)15-7-12(26)4-5-19(15,2)21(14,24)17(27)9-20(13,3)22(11,29)18(28)10-25/h4-5,7,11,13-14,16-17,27,29H,6,8-10H2,1-3H3/t11?,13-,14-,16?,17?,19-,20-,21-,22-/m0/s1. The Morgan fingerprint density at radius 3 is 2.59 bits per heavy atom. The molecule has 3 fully saturated rings. The number of hydrogen-bond donors (Lipinski definition) is 2. The molecule has 0 spiro atoms. The topological polar surface area (TPSA) is 74.6 Å². The Morgan fingerprint density at radius 1 is 1.31 bits per heavy atom. The summed E-state index contributed by atoms with van der Waals surface area (Å²) in [5, 5.41) is 22.7. The average Bonchev–Trinajstić information content (AvgIpc) is 2.86. The van der Waals surface area contributed by atoms with Crippen molar-refractivity contribution in [1.29, 1.82) is 0 Å². The SMILES string of the molecule is CC1C[C@H]2[C@@H]3CC(F)C4=CC(=O)C=C[C@]4(C)[C@@]3(F)C(O)C[C@]2(C)[C@@]1(O)C(=O)CI. The highest BCUT2D eigenvalue weighted by atomic mass is 127. The summed E-state index contributed by atoms with van der Waals surface area (Å²) in [6.45, 7) is 5.07. The van der Waals surface area contributed by atoms with Gasteiger partial charge in [-0.05, 0) is 55.7 Å². The van der Waals surface area contributed by atoms with Crippen LogP contribution in [0.2, 0.25) is 0 Å². The first-order valence-corrected chi connectivity index (χ1v) is 11.7. The second-order valence-electron chi connectivity index (χ2n) is 9.82. The van der Waals surface area contributed by atoms with E-state index in [1.807, 2.05) is 22.6 Å². The van der Waals surface area contributed by atoms with E-state index >= 15 is 8.78 Å². The molecular formula is C22H27F2IO4. The van der Waals surface area contributed by atoms with Crippen LogP contribution in [-0.2, 0) is 9.59 Å². The lowest BCUT2D eigenvalue weighted by atomic mass is 9.44. The molecule has 29 heavy (non-hydrogen) atoms. The van der Waals surface area contributed by atoms with Gasteiger partial charge in [-0.3, -0.25) is 9.59 Å². The second-order valence-corrected chi connectivity index (χ2v) is 10.6. The van der Waals surface area contributed by atoms with Gasteiger partial charge in [0.25, 0.3) is 0 Å². The van der Waals surface area contributed by atoms with Gasteiger partial charge in [0.1, 0.15) is 11.8 Å². The summed E-state index contributed by atoms with van der Waals surface area (Å²) in [6, 6.07) is 0. The summed E-state index contributed by atoms with van der Waals surface area (Å²) >= 11 is 1.92. The molecule has 0 radical (unpaired) electrons. The Morgan fingerprint density at radius 2 is 1.97 bits per heavy atom. The molecule has 0 bridgehead atoms. The smallest absolute Gasteiger partial charge is 0.178 e. The van der Waals surface area contributed by atoms with Gasteiger partial charge in [-0.1, -0.05) is 42.5 Å². The first-order chi connectivity index (χ1) is 13.4. The van der Waals surface area contributed by atoms with Crippen molar-refractivity contribution < 1.29 is 28.6 Å². The summed E-state index contributed by atoms with van der Waals surface area (Å²) in [5.41, 5.74) is -6.26. The Kier molecular flexibility index (Phi) is 4.77. The van der Waals surface area contributed by atoms with Gasteiger partial charge >= 0.3 is 0 Å². The summed E-state index contributed by atoms with van der Waals surface area (Å²) in [7, 11) is 0. The maximum atomic E-state index is 16.9. The highest BCUT2D eigenvalue weighted by Gasteiger charge is 2.76. The van der Waals surface area contributed by atoms with Gasteiger partial charge < -0.3 is 10.2 Å². The van der Waals surface area contributed by atoms with Crippen LogP contribution in [0.1, 0.15) is 40.0 Å². The maximum absolute atomic E-state index is 16.9. The Bertz CT molecular complexity index is 843. The summed E-state index contributed by atoms with van der Waals surface area (Å²) in [4.78, 5) is 24.6. The third-order valence-electron chi connectivity index (χ3n) is 8.76. The molecule has 3 unspecified atom stereocenters. The number of aliphatic hydroxyl groups is 2. The van der Waals surface area contributed by atoms with Crippen molar-refractivity contribution in [3.63, 3.8) is 0 Å². The summed E-state index contributed by atoms with van der Waals surface area (Å²) < 4.78 is 32.3. The molecule has 4 nitrogen and oxygen atoms in total. The molecule has 0 aromatic heterocycles. The molecule has 9 atom stereocenters. The van der Waals surface area contributed by atoms with E-state index in [9.17, 15) is 19.8 Å². The lowest BCUT2D eigenvalue weighted by molar-refractivity contribution is -0.222. The number of halogens is 3. The van der Waals surface area contributed by atoms with Crippen molar-refractivity contribution in [1.82, 2.24) is 0 Å². The first kappa shape index (κ1) is 21.6. The van der Waals surface area contributed by atoms with Crippen LogP contribution in [0, 0.1) is 28.6 Å². The molecule has 4 aliphatic rings. The zero-order valence-electron chi connectivity index (χ0n) is 16.8. The van der Waals surface area contributed by atoms with Crippen LogP contribution in [0.3, 0.4) is 0 Å². The van der Waals surface area contributed by atoms with Gasteiger partial charge in [0, 0.05) is 16.7 Å². The molecule has 0 aromatic carbocycles. The minimum absolute atomic E-state index is 0.0797. The molecule has 3 saturated carbocycles. The number of rotatable bonds is 2. The molecule has 4 aliphatic carbocycles. The van der Waals surface area contributed by atoms with E-state index in [1.54, 1.807) is 20.8 Å². The minimum Gasteiger partial charge on any atom is -0.390 e. The number of Topliss-reactive ketones (excluding diaryl/α,β-unsaturated/α-hetero) is 1. The molecule has 0 saturated heterocycles. The van der Waals surface area contributed by atoms with Crippen LogP contribution in [-0.4, -0.2) is 49.8 Å². The van der Waals surface area contributed by atoms with Crippen molar-refractivity contribution in [2.24, 2.45) is 28.6 Å². The quantitative estimate of drug-likeness (QED) is 0.433. The van der Waals surface area contributed by atoms with Crippen LogP contribution in [0.25, 0.3) is 0 Å². The largest absolute Gasteiger partial charge is 0.390 e. The van der Waals surface area contributed by atoms with Crippen LogP contribution >= 0.6 is 22.6 Å².